The van der Waals surface area contributed by atoms with Crippen molar-refractivity contribution in [1.29, 1.82) is 0 Å². The SMILES string of the molecule is Cc1ccc(SCCC(=O)Nc2cccc(S(C)(=O)=O)c2)cc1C. The fraction of sp³-hybridized carbons (Fsp3) is 0.278. The summed E-state index contributed by atoms with van der Waals surface area (Å²) in [5.41, 5.74) is 2.99. The third-order valence-corrected chi connectivity index (χ3v) is 5.73. The van der Waals surface area contributed by atoms with Crippen molar-refractivity contribution in [2.24, 2.45) is 0 Å². The van der Waals surface area contributed by atoms with E-state index >= 15 is 0 Å². The summed E-state index contributed by atoms with van der Waals surface area (Å²) in [4.78, 5) is 13.4. The molecule has 0 atom stereocenters. The third-order valence-electron chi connectivity index (χ3n) is 3.62. The molecule has 128 valence electrons. The molecule has 0 aliphatic heterocycles. The Labute approximate surface area is 147 Å². The van der Waals surface area contributed by atoms with Crippen LogP contribution in [0.3, 0.4) is 0 Å². The minimum Gasteiger partial charge on any atom is -0.326 e. The van der Waals surface area contributed by atoms with Gasteiger partial charge in [0.1, 0.15) is 0 Å². The molecule has 0 aliphatic carbocycles. The summed E-state index contributed by atoms with van der Waals surface area (Å²) in [7, 11) is -3.28. The maximum Gasteiger partial charge on any atom is 0.225 e. The van der Waals surface area contributed by atoms with Gasteiger partial charge in [-0.2, -0.15) is 0 Å². The average molecular weight is 364 g/mol. The van der Waals surface area contributed by atoms with Gasteiger partial charge in [-0.15, -0.1) is 11.8 Å². The highest BCUT2D eigenvalue weighted by molar-refractivity contribution is 7.99. The van der Waals surface area contributed by atoms with Crippen molar-refractivity contribution in [2.75, 3.05) is 17.3 Å². The molecule has 0 heterocycles. The molecule has 0 bridgehead atoms. The number of carbonyl (C=O) groups excluding carboxylic acids is 1. The van der Waals surface area contributed by atoms with E-state index in [1.807, 2.05) is 0 Å². The molecule has 0 spiro atoms. The Kier molecular flexibility index (Phi) is 6.07. The van der Waals surface area contributed by atoms with E-state index in [9.17, 15) is 13.2 Å². The molecule has 0 saturated heterocycles. The zero-order valence-corrected chi connectivity index (χ0v) is 15.6. The first-order valence-corrected chi connectivity index (χ1v) is 10.4. The number of aryl methyl sites for hydroxylation is 2. The van der Waals surface area contributed by atoms with Crippen LogP contribution in [0.1, 0.15) is 17.5 Å². The lowest BCUT2D eigenvalue weighted by molar-refractivity contribution is -0.115. The molecule has 1 N–H and O–H groups in total. The van der Waals surface area contributed by atoms with Crippen molar-refractivity contribution in [3.8, 4) is 0 Å². The second-order valence-electron chi connectivity index (χ2n) is 5.69. The molecule has 0 aliphatic rings. The maximum atomic E-state index is 12.0. The van der Waals surface area contributed by atoms with Crippen molar-refractivity contribution in [1.82, 2.24) is 0 Å². The van der Waals surface area contributed by atoms with Gasteiger partial charge < -0.3 is 5.32 Å². The van der Waals surface area contributed by atoms with E-state index in [2.05, 4.69) is 37.4 Å². The van der Waals surface area contributed by atoms with Crippen molar-refractivity contribution < 1.29 is 13.2 Å². The summed E-state index contributed by atoms with van der Waals surface area (Å²) in [6.07, 6.45) is 1.51. The molecule has 0 fully saturated rings. The maximum absolute atomic E-state index is 12.0. The van der Waals surface area contributed by atoms with E-state index < -0.39 is 9.84 Å². The zero-order chi connectivity index (χ0) is 17.7. The fourth-order valence-corrected chi connectivity index (χ4v) is 3.71. The zero-order valence-electron chi connectivity index (χ0n) is 14.0. The van der Waals surface area contributed by atoms with Gasteiger partial charge in [-0.3, -0.25) is 4.79 Å². The van der Waals surface area contributed by atoms with Gasteiger partial charge in [0, 0.05) is 29.0 Å². The van der Waals surface area contributed by atoms with Crippen LogP contribution in [0.15, 0.2) is 52.3 Å². The largest absolute Gasteiger partial charge is 0.326 e. The summed E-state index contributed by atoms with van der Waals surface area (Å²) in [5, 5.41) is 2.74. The number of carbonyl (C=O) groups is 1. The highest BCUT2D eigenvalue weighted by atomic mass is 32.2. The lowest BCUT2D eigenvalue weighted by atomic mass is 10.1. The third kappa shape index (κ3) is 5.39. The molecule has 0 saturated carbocycles. The summed E-state index contributed by atoms with van der Waals surface area (Å²) >= 11 is 1.63. The monoisotopic (exact) mass is 363 g/mol. The second kappa shape index (κ2) is 7.85. The van der Waals surface area contributed by atoms with Gasteiger partial charge in [-0.05, 0) is 55.3 Å². The molecule has 0 radical (unpaired) electrons. The van der Waals surface area contributed by atoms with E-state index in [4.69, 9.17) is 0 Å². The molecular formula is C18H21NO3S2. The van der Waals surface area contributed by atoms with Crippen LogP contribution < -0.4 is 5.32 Å². The lowest BCUT2D eigenvalue weighted by Crippen LogP contribution is -2.12. The Morgan fingerprint density at radius 3 is 2.50 bits per heavy atom. The summed E-state index contributed by atoms with van der Waals surface area (Å²) in [6, 6.07) is 12.5. The molecule has 2 rings (SSSR count). The fourth-order valence-electron chi connectivity index (χ4n) is 2.09. The molecule has 0 unspecified atom stereocenters. The highest BCUT2D eigenvalue weighted by Gasteiger charge is 2.09. The Morgan fingerprint density at radius 1 is 1.08 bits per heavy atom. The van der Waals surface area contributed by atoms with E-state index in [0.29, 0.717) is 17.9 Å². The molecule has 24 heavy (non-hydrogen) atoms. The van der Waals surface area contributed by atoms with Crippen LogP contribution in [0.2, 0.25) is 0 Å². The summed E-state index contributed by atoms with van der Waals surface area (Å²) in [6.45, 7) is 4.14. The predicted molar refractivity (Wildman–Crippen MR) is 99.4 cm³/mol. The van der Waals surface area contributed by atoms with E-state index in [1.54, 1.807) is 23.9 Å². The first-order chi connectivity index (χ1) is 11.3. The smallest absolute Gasteiger partial charge is 0.225 e. The number of anilines is 1. The average Bonchev–Trinajstić information content (AvgIpc) is 2.50. The number of benzene rings is 2. The molecule has 6 heteroatoms. The van der Waals surface area contributed by atoms with E-state index in [0.717, 1.165) is 11.2 Å². The van der Waals surface area contributed by atoms with Crippen LogP contribution in [0.4, 0.5) is 5.69 Å². The van der Waals surface area contributed by atoms with Gasteiger partial charge in [0.2, 0.25) is 5.91 Å². The van der Waals surface area contributed by atoms with Gasteiger partial charge in [-0.1, -0.05) is 12.1 Å². The highest BCUT2D eigenvalue weighted by Crippen LogP contribution is 2.22. The Bertz CT molecular complexity index is 845. The topological polar surface area (TPSA) is 63.2 Å². The van der Waals surface area contributed by atoms with Crippen LogP contribution >= 0.6 is 11.8 Å². The Balaban J connectivity index is 1.88. The number of thioether (sulfide) groups is 1. The molecule has 2 aromatic rings. The number of nitrogens with one attached hydrogen (secondary N) is 1. The number of hydrogen-bond donors (Lipinski definition) is 1. The van der Waals surface area contributed by atoms with Crippen LogP contribution in [-0.4, -0.2) is 26.3 Å². The second-order valence-corrected chi connectivity index (χ2v) is 8.88. The predicted octanol–water partition coefficient (Wildman–Crippen LogP) is 3.83. The summed E-state index contributed by atoms with van der Waals surface area (Å²) in [5.74, 6) is 0.539. The molecule has 4 nitrogen and oxygen atoms in total. The van der Waals surface area contributed by atoms with Crippen molar-refractivity contribution in [3.05, 3.63) is 53.6 Å². The Morgan fingerprint density at radius 2 is 1.83 bits per heavy atom. The van der Waals surface area contributed by atoms with Gasteiger partial charge >= 0.3 is 0 Å². The van der Waals surface area contributed by atoms with Crippen molar-refractivity contribution in [3.63, 3.8) is 0 Å². The lowest BCUT2D eigenvalue weighted by Gasteiger charge is -2.07. The minimum absolute atomic E-state index is 0.128. The van der Waals surface area contributed by atoms with Crippen LogP contribution in [-0.2, 0) is 14.6 Å². The first kappa shape index (κ1) is 18.5. The Hall–Kier alpha value is -1.79. The first-order valence-electron chi connectivity index (χ1n) is 7.56. The van der Waals surface area contributed by atoms with Crippen LogP contribution in [0.5, 0.6) is 0 Å². The molecular weight excluding hydrogens is 342 g/mol. The molecule has 1 amide bonds. The van der Waals surface area contributed by atoms with Crippen molar-refractivity contribution >= 4 is 33.2 Å². The van der Waals surface area contributed by atoms with E-state index in [-0.39, 0.29) is 10.8 Å². The van der Waals surface area contributed by atoms with Gasteiger partial charge in [-0.25, -0.2) is 8.42 Å². The molecule has 0 aromatic heterocycles. The minimum atomic E-state index is -3.28. The van der Waals surface area contributed by atoms with Gasteiger partial charge in [0.25, 0.3) is 0 Å². The standard InChI is InChI=1S/C18H21NO3S2/c1-13-7-8-16(11-14(13)2)23-10-9-18(20)19-15-5-4-6-17(12-15)24(3,21)22/h4-8,11-12H,9-10H2,1-3H3,(H,19,20). The van der Waals surface area contributed by atoms with Gasteiger partial charge in [0.15, 0.2) is 9.84 Å². The summed E-state index contributed by atoms with van der Waals surface area (Å²) < 4.78 is 23.1. The number of rotatable bonds is 6. The van der Waals surface area contributed by atoms with E-state index in [1.165, 1.54) is 23.3 Å². The quantitative estimate of drug-likeness (QED) is 0.792. The van der Waals surface area contributed by atoms with Crippen LogP contribution in [0.25, 0.3) is 0 Å². The van der Waals surface area contributed by atoms with Crippen molar-refractivity contribution in [2.45, 2.75) is 30.1 Å². The normalized spacial score (nSPS) is 11.3. The van der Waals surface area contributed by atoms with Crippen LogP contribution in [0, 0.1) is 13.8 Å². The number of amides is 1. The van der Waals surface area contributed by atoms with Gasteiger partial charge in [0.05, 0.1) is 4.90 Å². The number of hydrogen-bond acceptors (Lipinski definition) is 4. The number of sulfone groups is 1. The molecule has 2 aromatic carbocycles.